The van der Waals surface area contributed by atoms with Gasteiger partial charge in [0.25, 0.3) is 0 Å². The number of hydrogen-bond donors (Lipinski definition) is 0. The summed E-state index contributed by atoms with van der Waals surface area (Å²) in [7, 11) is 0. The van der Waals surface area contributed by atoms with Gasteiger partial charge < -0.3 is 3.79 Å². The van der Waals surface area contributed by atoms with Gasteiger partial charge in [0, 0.05) is 12.3 Å². The molecule has 0 N–H and O–H groups in total. The minimum atomic E-state index is -1.17. The van der Waals surface area contributed by atoms with Crippen molar-refractivity contribution < 1.29 is 3.79 Å². The molecule has 0 aromatic rings. The van der Waals surface area contributed by atoms with Crippen LogP contribution in [0.5, 0.6) is 0 Å². The highest BCUT2D eigenvalue weighted by atomic mass is 27.2. The molecule has 18 heavy (non-hydrogen) atoms. The fraction of sp³-hybridized carbons (Fsp3) is 0.800. The predicted octanol–water partition coefficient (Wildman–Crippen LogP) is 4.98. The van der Waals surface area contributed by atoms with E-state index in [4.69, 9.17) is 3.79 Å². The molecule has 0 aliphatic heterocycles. The molecule has 0 atom stereocenters. The molecule has 0 aromatic heterocycles. The lowest BCUT2D eigenvalue weighted by atomic mass is 10.2. The van der Waals surface area contributed by atoms with Crippen LogP contribution in [-0.4, -0.2) is 26.7 Å². The Kier molecular flexibility index (Phi) is 9.51. The van der Waals surface area contributed by atoms with Crippen molar-refractivity contribution in [2.75, 3.05) is 6.54 Å². The highest BCUT2D eigenvalue weighted by Crippen LogP contribution is 2.24. The Morgan fingerprint density at radius 2 is 1.61 bits per heavy atom. The molecule has 0 amide bonds. The average molecular weight is 267 g/mol. The molecule has 0 fully saturated rings. The largest absolute Gasteiger partial charge is 0.645 e. The maximum absolute atomic E-state index is 6.32. The standard InChI is InChI=1S/C9H17NO.2C3H7.Al/c1-4-8(10-6-3)7-9(11)5-2;2*1-3-2;/h7,11H,4-6H2,1-3H3;2*3H,1-2H3;/q;;;+1/p-1/b9-7-,10-8?;;;. The van der Waals surface area contributed by atoms with Gasteiger partial charge in [-0.15, -0.1) is 0 Å². The summed E-state index contributed by atoms with van der Waals surface area (Å²) in [5, 5.41) is 0. The van der Waals surface area contributed by atoms with Crippen LogP contribution in [0.2, 0.25) is 9.56 Å². The number of hydrogen-bond acceptors (Lipinski definition) is 2. The van der Waals surface area contributed by atoms with Crippen molar-refractivity contribution in [2.45, 2.75) is 70.9 Å². The Hall–Kier alpha value is -0.258. The first-order valence-corrected chi connectivity index (χ1v) is 9.17. The van der Waals surface area contributed by atoms with Crippen LogP contribution < -0.4 is 0 Å². The van der Waals surface area contributed by atoms with Crippen molar-refractivity contribution in [1.82, 2.24) is 0 Å². The molecule has 104 valence electrons. The fourth-order valence-electron chi connectivity index (χ4n) is 2.08. The van der Waals surface area contributed by atoms with Crippen LogP contribution >= 0.6 is 0 Å². The van der Waals surface area contributed by atoms with E-state index in [2.05, 4.69) is 59.5 Å². The maximum atomic E-state index is 6.32. The first kappa shape index (κ1) is 17.7. The van der Waals surface area contributed by atoms with Crippen LogP contribution in [0.25, 0.3) is 0 Å². The van der Waals surface area contributed by atoms with E-state index in [1.165, 1.54) is 0 Å². The topological polar surface area (TPSA) is 21.6 Å². The Bertz CT molecular complexity index is 274. The van der Waals surface area contributed by atoms with Gasteiger partial charge in [-0.2, -0.15) is 0 Å². The van der Waals surface area contributed by atoms with Crippen LogP contribution in [0.1, 0.15) is 61.3 Å². The quantitative estimate of drug-likeness (QED) is 0.345. The third-order valence-corrected chi connectivity index (χ3v) is 6.20. The van der Waals surface area contributed by atoms with Crippen molar-refractivity contribution in [3.63, 3.8) is 0 Å². The molecule has 0 bridgehead atoms. The molecule has 0 rings (SSSR count). The Labute approximate surface area is 118 Å². The van der Waals surface area contributed by atoms with Gasteiger partial charge in [0.2, 0.25) is 0 Å². The number of aliphatic imine (C=N–C) groups is 1. The summed E-state index contributed by atoms with van der Waals surface area (Å²) >= 11 is -1.17. The third kappa shape index (κ3) is 6.62. The van der Waals surface area contributed by atoms with E-state index in [1.54, 1.807) is 0 Å². The highest BCUT2D eigenvalue weighted by Gasteiger charge is 2.32. The molecule has 0 aliphatic rings. The van der Waals surface area contributed by atoms with Gasteiger partial charge in [0.15, 0.2) is 0 Å². The van der Waals surface area contributed by atoms with Gasteiger partial charge in [0.1, 0.15) is 0 Å². The summed E-state index contributed by atoms with van der Waals surface area (Å²) in [6, 6.07) is 0. The Balaban J connectivity index is 4.86. The van der Waals surface area contributed by atoms with Crippen molar-refractivity contribution >= 4 is 20.2 Å². The average Bonchev–Trinajstić information content (AvgIpc) is 2.31. The zero-order valence-corrected chi connectivity index (χ0v) is 14.4. The summed E-state index contributed by atoms with van der Waals surface area (Å²) < 4.78 is 7.67. The van der Waals surface area contributed by atoms with E-state index < -0.39 is 14.5 Å². The molecule has 0 radical (unpaired) electrons. The Morgan fingerprint density at radius 1 is 1.06 bits per heavy atom. The number of allylic oxidation sites excluding steroid dienone is 2. The first-order chi connectivity index (χ1) is 8.46. The molecule has 0 unspecified atom stereocenters. The molecule has 0 saturated heterocycles. The lowest BCUT2D eigenvalue weighted by Gasteiger charge is -2.22. The summed E-state index contributed by atoms with van der Waals surface area (Å²) in [5.74, 6) is 1.13. The van der Waals surface area contributed by atoms with Crippen LogP contribution in [-0.2, 0) is 3.79 Å². The zero-order valence-electron chi connectivity index (χ0n) is 13.3. The second kappa shape index (κ2) is 9.64. The molecule has 0 spiro atoms. The SMILES string of the molecule is CCN=C(/C=C(/CC)[O][Al]([CH](C)C)[CH](C)C)CC. The van der Waals surface area contributed by atoms with Crippen LogP contribution in [0.15, 0.2) is 16.8 Å². The van der Waals surface area contributed by atoms with Crippen molar-refractivity contribution in [1.29, 1.82) is 0 Å². The fourth-order valence-corrected chi connectivity index (χ4v) is 4.75. The smallest absolute Gasteiger partial charge is 0.552 e. The second-order valence-electron chi connectivity index (χ2n) is 5.35. The van der Waals surface area contributed by atoms with Crippen LogP contribution in [0.3, 0.4) is 0 Å². The van der Waals surface area contributed by atoms with E-state index in [-0.39, 0.29) is 0 Å². The molecule has 0 saturated carbocycles. The zero-order chi connectivity index (χ0) is 14.1. The van der Waals surface area contributed by atoms with Crippen molar-refractivity contribution in [3.8, 4) is 0 Å². The summed E-state index contributed by atoms with van der Waals surface area (Å²) in [6.45, 7) is 16.4. The lowest BCUT2D eigenvalue weighted by Crippen LogP contribution is -2.25. The van der Waals surface area contributed by atoms with E-state index >= 15 is 0 Å². The lowest BCUT2D eigenvalue weighted by molar-refractivity contribution is 0.398. The van der Waals surface area contributed by atoms with E-state index in [0.717, 1.165) is 30.9 Å². The predicted molar refractivity (Wildman–Crippen MR) is 83.7 cm³/mol. The molecular formula is C15H30AlNO. The molecule has 0 aliphatic carbocycles. The summed E-state index contributed by atoms with van der Waals surface area (Å²) in [4.78, 5) is 4.50. The monoisotopic (exact) mass is 267 g/mol. The minimum Gasteiger partial charge on any atom is -0.645 e. The second-order valence-corrected chi connectivity index (χ2v) is 9.19. The van der Waals surface area contributed by atoms with Gasteiger partial charge in [0.05, 0.1) is 5.76 Å². The summed E-state index contributed by atoms with van der Waals surface area (Å²) in [5.41, 5.74) is 1.16. The Morgan fingerprint density at radius 3 is 1.94 bits per heavy atom. The van der Waals surface area contributed by atoms with Gasteiger partial charge in [-0.1, -0.05) is 41.5 Å². The van der Waals surface area contributed by atoms with Crippen molar-refractivity contribution in [3.05, 3.63) is 11.8 Å². The highest BCUT2D eigenvalue weighted by molar-refractivity contribution is 6.55. The minimum absolute atomic E-state index is 0.674. The molecule has 2 nitrogen and oxygen atoms in total. The van der Waals surface area contributed by atoms with E-state index in [1.807, 2.05) is 0 Å². The van der Waals surface area contributed by atoms with Crippen LogP contribution in [0, 0.1) is 0 Å². The van der Waals surface area contributed by atoms with Gasteiger partial charge >= 0.3 is 14.5 Å². The molecule has 0 aromatic carbocycles. The van der Waals surface area contributed by atoms with Gasteiger partial charge in [-0.3, -0.25) is 4.99 Å². The van der Waals surface area contributed by atoms with Crippen LogP contribution in [0.4, 0.5) is 0 Å². The summed E-state index contributed by atoms with van der Waals surface area (Å²) in [6.07, 6.45) is 4.11. The maximum Gasteiger partial charge on any atom is 0.552 e. The van der Waals surface area contributed by atoms with Crippen molar-refractivity contribution in [2.24, 2.45) is 4.99 Å². The number of rotatable bonds is 8. The van der Waals surface area contributed by atoms with E-state index in [9.17, 15) is 0 Å². The normalized spacial score (nSPS) is 13.4. The third-order valence-electron chi connectivity index (χ3n) is 3.00. The first-order valence-electron chi connectivity index (χ1n) is 7.36. The molecule has 0 heterocycles. The molecule has 3 heteroatoms. The van der Waals surface area contributed by atoms with E-state index in [0.29, 0.717) is 9.56 Å². The van der Waals surface area contributed by atoms with Gasteiger partial charge in [-0.05, 0) is 35.4 Å². The molecular weight excluding hydrogens is 237 g/mol. The number of nitrogens with zero attached hydrogens (tertiary/aromatic N) is 1. The van der Waals surface area contributed by atoms with Gasteiger partial charge in [-0.25, -0.2) is 0 Å².